The van der Waals surface area contributed by atoms with Gasteiger partial charge in [0.05, 0.1) is 17.6 Å². The van der Waals surface area contributed by atoms with Crippen LogP contribution in [-0.4, -0.2) is 23.9 Å². The molecule has 1 aliphatic rings. The number of hydrogen-bond donors (Lipinski definition) is 1. The van der Waals surface area contributed by atoms with Crippen LogP contribution in [0.5, 0.6) is 5.75 Å². The lowest BCUT2D eigenvalue weighted by Gasteiger charge is -2.17. The third-order valence-corrected chi connectivity index (χ3v) is 2.05. The van der Waals surface area contributed by atoms with Crippen LogP contribution >= 0.6 is 0 Å². The van der Waals surface area contributed by atoms with Gasteiger partial charge in [0, 0.05) is 6.07 Å². The van der Waals surface area contributed by atoms with E-state index in [-0.39, 0.29) is 5.75 Å². The smallest absolute Gasteiger partial charge is 0.387 e. The molecule has 0 aromatic carbocycles. The Morgan fingerprint density at radius 3 is 3.06 bits per heavy atom. The Morgan fingerprint density at radius 1 is 1.56 bits per heavy atom. The molecule has 1 unspecified atom stereocenters. The number of nitrogens with one attached hydrogen (secondary N) is 1. The molecule has 0 radical (unpaired) electrons. The van der Waals surface area contributed by atoms with Gasteiger partial charge >= 0.3 is 6.61 Å². The maximum atomic E-state index is 12.0. The van der Waals surface area contributed by atoms with Crippen LogP contribution in [0.4, 0.5) is 14.5 Å². The molecule has 0 aliphatic carbocycles. The number of aromatic nitrogens is 1. The number of fused-ring (bicyclic) bond motifs is 1. The minimum Gasteiger partial charge on any atom is -0.433 e. The minimum atomic E-state index is -2.89. The number of ether oxygens (including phenoxy) is 1. The zero-order valence-corrected chi connectivity index (χ0v) is 8.06. The molecular weight excluding hydrogens is 218 g/mol. The van der Waals surface area contributed by atoms with Crippen molar-refractivity contribution in [2.75, 3.05) is 5.32 Å². The van der Waals surface area contributed by atoms with E-state index in [0.29, 0.717) is 17.7 Å². The van der Waals surface area contributed by atoms with Gasteiger partial charge in [-0.2, -0.15) is 8.78 Å². The van der Waals surface area contributed by atoms with E-state index < -0.39 is 12.7 Å². The molecule has 84 valence electrons. The van der Waals surface area contributed by atoms with Crippen LogP contribution in [0, 0.1) is 0 Å². The van der Waals surface area contributed by atoms with Gasteiger partial charge in [-0.1, -0.05) is 6.08 Å². The Bertz CT molecular complexity index is 435. The van der Waals surface area contributed by atoms with Crippen LogP contribution in [0.25, 0.3) is 6.08 Å². The lowest BCUT2D eigenvalue weighted by molar-refractivity contribution is -0.107. The van der Waals surface area contributed by atoms with Crippen LogP contribution < -0.4 is 10.1 Å². The van der Waals surface area contributed by atoms with Crippen molar-refractivity contribution < 1.29 is 18.3 Å². The molecule has 0 saturated heterocycles. The number of aldehydes is 1. The second kappa shape index (κ2) is 4.26. The van der Waals surface area contributed by atoms with Crippen molar-refractivity contribution in [1.29, 1.82) is 0 Å². The highest BCUT2D eigenvalue weighted by Gasteiger charge is 2.14. The summed E-state index contributed by atoms with van der Waals surface area (Å²) in [7, 11) is 0. The maximum Gasteiger partial charge on any atom is 0.387 e. The fourth-order valence-corrected chi connectivity index (χ4v) is 1.37. The largest absolute Gasteiger partial charge is 0.433 e. The molecule has 1 N–H and O–H groups in total. The molecule has 0 saturated carbocycles. The summed E-state index contributed by atoms with van der Waals surface area (Å²) in [6.45, 7) is -2.89. The van der Waals surface area contributed by atoms with E-state index >= 15 is 0 Å². The van der Waals surface area contributed by atoms with Crippen LogP contribution in [0.15, 0.2) is 18.3 Å². The highest BCUT2D eigenvalue weighted by atomic mass is 19.3. The van der Waals surface area contributed by atoms with Gasteiger partial charge in [-0.15, -0.1) is 0 Å². The van der Waals surface area contributed by atoms with Crippen molar-refractivity contribution in [1.82, 2.24) is 4.98 Å². The monoisotopic (exact) mass is 226 g/mol. The molecule has 2 rings (SSSR count). The van der Waals surface area contributed by atoms with Gasteiger partial charge in [0.25, 0.3) is 0 Å². The summed E-state index contributed by atoms with van der Waals surface area (Å²) in [5, 5.41) is 2.82. The van der Waals surface area contributed by atoms with Crippen LogP contribution in [0.2, 0.25) is 0 Å². The SMILES string of the molecule is O=CC1C=Cc2ncc(OC(F)F)cc2N1. The molecule has 0 amide bonds. The van der Waals surface area contributed by atoms with E-state index in [1.165, 1.54) is 12.3 Å². The van der Waals surface area contributed by atoms with Gasteiger partial charge in [-0.05, 0) is 6.08 Å². The molecule has 0 fully saturated rings. The molecule has 0 spiro atoms. The van der Waals surface area contributed by atoms with E-state index in [1.54, 1.807) is 12.2 Å². The summed E-state index contributed by atoms with van der Waals surface area (Å²) in [6, 6.07) is 0.921. The van der Waals surface area contributed by atoms with Crippen molar-refractivity contribution in [3.8, 4) is 5.75 Å². The topological polar surface area (TPSA) is 51.2 Å². The first kappa shape index (κ1) is 10.5. The molecular formula is C10H8F2N2O2. The van der Waals surface area contributed by atoms with Crippen LogP contribution in [0.3, 0.4) is 0 Å². The Labute approximate surface area is 89.9 Å². The van der Waals surface area contributed by atoms with Crippen molar-refractivity contribution in [2.45, 2.75) is 12.7 Å². The first-order valence-corrected chi connectivity index (χ1v) is 4.54. The van der Waals surface area contributed by atoms with E-state index in [1.807, 2.05) is 0 Å². The Kier molecular flexibility index (Phi) is 2.80. The van der Waals surface area contributed by atoms with Crippen molar-refractivity contribution in [3.63, 3.8) is 0 Å². The molecule has 16 heavy (non-hydrogen) atoms. The fourth-order valence-electron chi connectivity index (χ4n) is 1.37. The lowest BCUT2D eigenvalue weighted by atomic mass is 10.1. The first-order chi connectivity index (χ1) is 7.69. The second-order valence-corrected chi connectivity index (χ2v) is 3.15. The molecule has 1 aliphatic heterocycles. The predicted octanol–water partition coefficient (Wildman–Crippen LogP) is 1.69. The normalized spacial score (nSPS) is 17.8. The van der Waals surface area contributed by atoms with E-state index in [4.69, 9.17) is 0 Å². The summed E-state index contributed by atoms with van der Waals surface area (Å²) in [5.41, 5.74) is 1.08. The number of carbonyl (C=O) groups is 1. The van der Waals surface area contributed by atoms with Gasteiger partial charge in [0.15, 0.2) is 0 Å². The Hall–Kier alpha value is -1.98. The molecule has 4 nitrogen and oxygen atoms in total. The standard InChI is InChI=1S/C10H8F2N2O2/c11-10(12)16-7-3-9-8(13-4-7)2-1-6(5-15)14-9/h1-6,10,14H. The fraction of sp³-hybridized carbons (Fsp3) is 0.200. The number of anilines is 1. The van der Waals surface area contributed by atoms with E-state index in [2.05, 4.69) is 15.0 Å². The van der Waals surface area contributed by atoms with Crippen LogP contribution in [-0.2, 0) is 4.79 Å². The second-order valence-electron chi connectivity index (χ2n) is 3.15. The van der Waals surface area contributed by atoms with E-state index in [9.17, 15) is 13.6 Å². The molecule has 6 heteroatoms. The van der Waals surface area contributed by atoms with E-state index in [0.717, 1.165) is 0 Å². The number of nitrogens with zero attached hydrogens (tertiary/aromatic N) is 1. The summed E-state index contributed by atoms with van der Waals surface area (Å²) in [5.74, 6) is -0.0406. The van der Waals surface area contributed by atoms with Crippen LogP contribution in [0.1, 0.15) is 5.69 Å². The number of hydrogen-bond acceptors (Lipinski definition) is 4. The van der Waals surface area contributed by atoms with Gasteiger partial charge < -0.3 is 14.8 Å². The van der Waals surface area contributed by atoms with Gasteiger partial charge in [0.1, 0.15) is 18.1 Å². The van der Waals surface area contributed by atoms with Gasteiger partial charge in [-0.3, -0.25) is 4.98 Å². The zero-order chi connectivity index (χ0) is 11.5. The average molecular weight is 226 g/mol. The third-order valence-electron chi connectivity index (χ3n) is 2.05. The zero-order valence-electron chi connectivity index (χ0n) is 8.06. The highest BCUT2D eigenvalue weighted by molar-refractivity contribution is 5.78. The van der Waals surface area contributed by atoms with Gasteiger partial charge in [0.2, 0.25) is 0 Å². The quantitative estimate of drug-likeness (QED) is 0.797. The predicted molar refractivity (Wildman–Crippen MR) is 53.4 cm³/mol. The third kappa shape index (κ3) is 2.16. The number of rotatable bonds is 3. The summed E-state index contributed by atoms with van der Waals surface area (Å²) >= 11 is 0. The first-order valence-electron chi connectivity index (χ1n) is 4.54. The molecule has 1 aromatic heterocycles. The summed E-state index contributed by atoms with van der Waals surface area (Å²) < 4.78 is 28.1. The molecule has 1 atom stereocenters. The average Bonchev–Trinajstić information content (AvgIpc) is 2.27. The minimum absolute atomic E-state index is 0.0406. The number of halogens is 2. The molecule has 1 aromatic rings. The Balaban J connectivity index is 2.25. The lowest BCUT2D eigenvalue weighted by Crippen LogP contribution is -2.21. The van der Waals surface area contributed by atoms with Gasteiger partial charge in [-0.25, -0.2) is 0 Å². The number of alkyl halides is 2. The van der Waals surface area contributed by atoms with Crippen molar-refractivity contribution >= 4 is 18.0 Å². The summed E-state index contributed by atoms with van der Waals surface area (Å²) in [6.07, 6.45) is 5.20. The number of pyridine rings is 1. The number of carbonyl (C=O) groups excluding carboxylic acids is 1. The maximum absolute atomic E-state index is 12.0. The Morgan fingerprint density at radius 2 is 2.38 bits per heavy atom. The van der Waals surface area contributed by atoms with Crippen molar-refractivity contribution in [2.24, 2.45) is 0 Å². The summed E-state index contributed by atoms with van der Waals surface area (Å²) in [4.78, 5) is 14.5. The molecule has 2 heterocycles. The molecule has 0 bridgehead atoms. The van der Waals surface area contributed by atoms with Crippen molar-refractivity contribution in [3.05, 3.63) is 24.0 Å². The highest BCUT2D eigenvalue weighted by Crippen LogP contribution is 2.25.